The van der Waals surface area contributed by atoms with Gasteiger partial charge in [0.2, 0.25) is 11.9 Å². The number of nitrogens with one attached hydrogen (secondary N) is 1. The zero-order valence-corrected chi connectivity index (χ0v) is 13.7. The molecule has 0 bridgehead atoms. The van der Waals surface area contributed by atoms with E-state index in [1.807, 2.05) is 22.4 Å². The number of anilines is 1. The first-order chi connectivity index (χ1) is 11.7. The minimum Gasteiger partial charge on any atom is -0.375 e. The molecule has 2 aliphatic rings. The van der Waals surface area contributed by atoms with Crippen molar-refractivity contribution in [2.75, 3.05) is 24.6 Å². The first kappa shape index (κ1) is 15.5. The zero-order chi connectivity index (χ0) is 16.5. The summed E-state index contributed by atoms with van der Waals surface area (Å²) in [5, 5.41) is 4.99. The number of carbonyl (C=O) groups is 1. The van der Waals surface area contributed by atoms with Crippen LogP contribution in [0.3, 0.4) is 0 Å². The molecule has 4 rings (SSSR count). The predicted octanol–water partition coefficient (Wildman–Crippen LogP) is 1.44. The Labute approximate surface area is 142 Å². The van der Waals surface area contributed by atoms with Crippen molar-refractivity contribution in [3.05, 3.63) is 40.6 Å². The van der Waals surface area contributed by atoms with Gasteiger partial charge in [-0.05, 0) is 11.4 Å². The van der Waals surface area contributed by atoms with E-state index >= 15 is 0 Å². The Hall–Kier alpha value is -2.06. The Balaban J connectivity index is 1.38. The minimum absolute atomic E-state index is 0.00357. The molecule has 2 aromatic heterocycles. The normalized spacial score (nSPS) is 25.7. The molecule has 1 N–H and O–H groups in total. The number of ether oxygens (including phenoxy) is 1. The SMILES string of the molecule is O=C(NCc1cccs1)[C@@H]1CO[C@H]2CN(c3ncc(F)cn3)C[C@H]21. The summed E-state index contributed by atoms with van der Waals surface area (Å²) >= 11 is 1.62. The third-order valence-electron chi connectivity index (χ3n) is 4.56. The maximum atomic E-state index is 13.0. The second-order valence-electron chi connectivity index (χ2n) is 6.05. The summed E-state index contributed by atoms with van der Waals surface area (Å²) in [5.74, 6) is -0.00691. The first-order valence-corrected chi connectivity index (χ1v) is 8.73. The molecule has 0 spiro atoms. The summed E-state index contributed by atoms with van der Waals surface area (Å²) in [5.41, 5.74) is 0. The van der Waals surface area contributed by atoms with Crippen LogP contribution in [0.4, 0.5) is 10.3 Å². The predicted molar refractivity (Wildman–Crippen MR) is 87.1 cm³/mol. The second kappa shape index (κ2) is 6.45. The smallest absolute Gasteiger partial charge is 0.226 e. The number of hydrogen-bond acceptors (Lipinski definition) is 6. The fraction of sp³-hybridized carbons (Fsp3) is 0.438. The highest BCUT2D eigenvalue weighted by Gasteiger charge is 2.47. The van der Waals surface area contributed by atoms with E-state index in [9.17, 15) is 9.18 Å². The molecule has 126 valence electrons. The number of hydrogen-bond donors (Lipinski definition) is 1. The fourth-order valence-corrected chi connectivity index (χ4v) is 3.98. The molecular formula is C16H17FN4O2S. The summed E-state index contributed by atoms with van der Waals surface area (Å²) in [7, 11) is 0. The van der Waals surface area contributed by atoms with Crippen LogP contribution >= 0.6 is 11.3 Å². The quantitative estimate of drug-likeness (QED) is 0.906. The third-order valence-corrected chi connectivity index (χ3v) is 5.44. The highest BCUT2D eigenvalue weighted by atomic mass is 32.1. The standard InChI is InChI=1S/C16H17FN4O2S/c17-10-4-19-16(20-5-10)21-7-12-13(9-23-14(12)8-21)15(22)18-6-11-2-1-3-24-11/h1-5,12-14H,6-9H2,(H,18,22)/t12-,13+,14-/m0/s1. The van der Waals surface area contributed by atoms with Crippen molar-refractivity contribution in [2.45, 2.75) is 12.6 Å². The van der Waals surface area contributed by atoms with Gasteiger partial charge in [-0.3, -0.25) is 4.79 Å². The van der Waals surface area contributed by atoms with Gasteiger partial charge < -0.3 is 15.0 Å². The van der Waals surface area contributed by atoms with E-state index < -0.39 is 5.82 Å². The average Bonchev–Trinajstić information content (AvgIpc) is 3.30. The molecule has 3 atom stereocenters. The molecule has 1 amide bonds. The van der Waals surface area contributed by atoms with E-state index in [0.717, 1.165) is 17.3 Å². The highest BCUT2D eigenvalue weighted by molar-refractivity contribution is 7.09. The van der Waals surface area contributed by atoms with E-state index in [-0.39, 0.29) is 23.8 Å². The lowest BCUT2D eigenvalue weighted by Crippen LogP contribution is -2.36. The van der Waals surface area contributed by atoms with Gasteiger partial charge in [-0.1, -0.05) is 6.07 Å². The van der Waals surface area contributed by atoms with Gasteiger partial charge in [-0.2, -0.15) is 0 Å². The van der Waals surface area contributed by atoms with Crippen molar-refractivity contribution in [3.8, 4) is 0 Å². The van der Waals surface area contributed by atoms with Crippen LogP contribution in [0.15, 0.2) is 29.9 Å². The molecule has 2 aliphatic heterocycles. The van der Waals surface area contributed by atoms with Crippen molar-refractivity contribution in [3.63, 3.8) is 0 Å². The van der Waals surface area contributed by atoms with E-state index in [2.05, 4.69) is 15.3 Å². The van der Waals surface area contributed by atoms with Gasteiger partial charge in [0.15, 0.2) is 5.82 Å². The average molecular weight is 348 g/mol. The topological polar surface area (TPSA) is 67.3 Å². The minimum atomic E-state index is -0.458. The summed E-state index contributed by atoms with van der Waals surface area (Å²) in [6.45, 7) is 2.28. The maximum absolute atomic E-state index is 13.0. The Morgan fingerprint density at radius 3 is 3.00 bits per heavy atom. The Kier molecular flexibility index (Phi) is 4.15. The van der Waals surface area contributed by atoms with Crippen LogP contribution in [0.5, 0.6) is 0 Å². The fourth-order valence-electron chi connectivity index (χ4n) is 3.33. The first-order valence-electron chi connectivity index (χ1n) is 7.85. The van der Waals surface area contributed by atoms with Crippen molar-refractivity contribution in [2.24, 2.45) is 11.8 Å². The Bertz CT molecular complexity index is 709. The molecule has 0 unspecified atom stereocenters. The molecule has 24 heavy (non-hydrogen) atoms. The van der Waals surface area contributed by atoms with Crippen molar-refractivity contribution >= 4 is 23.2 Å². The summed E-state index contributed by atoms with van der Waals surface area (Å²) in [6.07, 6.45) is 2.31. The number of aromatic nitrogens is 2. The molecule has 8 heteroatoms. The van der Waals surface area contributed by atoms with E-state index in [4.69, 9.17) is 4.74 Å². The van der Waals surface area contributed by atoms with E-state index in [1.54, 1.807) is 11.3 Å². The number of thiophene rings is 1. The van der Waals surface area contributed by atoms with Crippen LogP contribution in [0.2, 0.25) is 0 Å². The van der Waals surface area contributed by atoms with Gasteiger partial charge >= 0.3 is 0 Å². The molecule has 0 aromatic carbocycles. The van der Waals surface area contributed by atoms with E-state index in [1.165, 1.54) is 0 Å². The third kappa shape index (κ3) is 2.99. The van der Waals surface area contributed by atoms with Gasteiger partial charge in [0.05, 0.1) is 37.6 Å². The van der Waals surface area contributed by atoms with Crippen LogP contribution in [0.25, 0.3) is 0 Å². The van der Waals surface area contributed by atoms with Crippen molar-refractivity contribution in [1.29, 1.82) is 0 Å². The van der Waals surface area contributed by atoms with Gasteiger partial charge in [-0.15, -0.1) is 11.3 Å². The Morgan fingerprint density at radius 1 is 1.42 bits per heavy atom. The lowest BCUT2D eigenvalue weighted by Gasteiger charge is -2.19. The number of carbonyl (C=O) groups excluding carboxylic acids is 1. The number of nitrogens with zero attached hydrogens (tertiary/aromatic N) is 3. The highest BCUT2D eigenvalue weighted by Crippen LogP contribution is 2.35. The van der Waals surface area contributed by atoms with Gasteiger partial charge in [0.1, 0.15) is 0 Å². The van der Waals surface area contributed by atoms with Crippen LogP contribution < -0.4 is 10.2 Å². The number of amides is 1. The van der Waals surface area contributed by atoms with Crippen LogP contribution in [-0.2, 0) is 16.1 Å². The lowest BCUT2D eigenvalue weighted by atomic mass is 9.92. The lowest BCUT2D eigenvalue weighted by molar-refractivity contribution is -0.126. The molecule has 2 fully saturated rings. The molecule has 0 aliphatic carbocycles. The van der Waals surface area contributed by atoms with E-state index in [0.29, 0.717) is 32.2 Å². The molecule has 0 saturated carbocycles. The van der Waals surface area contributed by atoms with Crippen molar-refractivity contribution < 1.29 is 13.9 Å². The molecular weight excluding hydrogens is 331 g/mol. The molecule has 2 aromatic rings. The van der Waals surface area contributed by atoms with Gasteiger partial charge in [0.25, 0.3) is 0 Å². The largest absolute Gasteiger partial charge is 0.375 e. The number of rotatable bonds is 4. The zero-order valence-electron chi connectivity index (χ0n) is 12.9. The molecule has 4 heterocycles. The van der Waals surface area contributed by atoms with Crippen LogP contribution in [-0.4, -0.2) is 41.7 Å². The maximum Gasteiger partial charge on any atom is 0.226 e. The number of fused-ring (bicyclic) bond motifs is 1. The summed E-state index contributed by atoms with van der Waals surface area (Å²) in [6, 6.07) is 3.97. The van der Waals surface area contributed by atoms with Crippen LogP contribution in [0.1, 0.15) is 4.88 Å². The molecule has 2 saturated heterocycles. The summed E-state index contributed by atoms with van der Waals surface area (Å²) in [4.78, 5) is 23.6. The monoisotopic (exact) mass is 348 g/mol. The Morgan fingerprint density at radius 2 is 2.25 bits per heavy atom. The number of halogens is 1. The van der Waals surface area contributed by atoms with Crippen molar-refractivity contribution in [1.82, 2.24) is 15.3 Å². The van der Waals surface area contributed by atoms with Gasteiger partial charge in [0, 0.05) is 23.9 Å². The second-order valence-corrected chi connectivity index (χ2v) is 7.08. The van der Waals surface area contributed by atoms with Gasteiger partial charge in [-0.25, -0.2) is 14.4 Å². The molecule has 0 radical (unpaired) electrons. The van der Waals surface area contributed by atoms with Crippen LogP contribution in [0, 0.1) is 17.7 Å². The summed E-state index contributed by atoms with van der Waals surface area (Å²) < 4.78 is 18.7. The molecule has 6 nitrogen and oxygen atoms in total.